The molecular weight excluding hydrogens is 420 g/mol. The fourth-order valence-corrected chi connectivity index (χ4v) is 6.07. The molecule has 168 valence electrons. The molecule has 5 aliphatic rings. The molecule has 1 saturated heterocycles. The first kappa shape index (κ1) is 20.0. The minimum Gasteiger partial charge on any atom is -0.497 e. The zero-order valence-electron chi connectivity index (χ0n) is 18.4. The quantitative estimate of drug-likeness (QED) is 0.564. The predicted molar refractivity (Wildman–Crippen MR) is 121 cm³/mol. The van der Waals surface area contributed by atoms with Crippen LogP contribution in [0.4, 0.5) is 11.4 Å². The average Bonchev–Trinajstić information content (AvgIpc) is 3.62. The Morgan fingerprint density at radius 2 is 1.55 bits per heavy atom. The normalized spacial score (nSPS) is 30.7. The van der Waals surface area contributed by atoms with Crippen LogP contribution in [0.15, 0.2) is 54.6 Å². The van der Waals surface area contributed by atoms with Gasteiger partial charge in [0.2, 0.25) is 11.8 Å². The number of hydrogen-bond acceptors (Lipinski definition) is 5. The van der Waals surface area contributed by atoms with Crippen molar-refractivity contribution < 1.29 is 23.9 Å². The van der Waals surface area contributed by atoms with E-state index in [4.69, 9.17) is 9.47 Å². The molecule has 7 rings (SSSR count). The monoisotopic (exact) mass is 444 g/mol. The molecule has 3 fully saturated rings. The summed E-state index contributed by atoms with van der Waals surface area (Å²) in [5.74, 6) is 1.63. The fraction of sp³-hybridized carbons (Fsp3) is 0.346. The van der Waals surface area contributed by atoms with Gasteiger partial charge in [0.25, 0.3) is 5.91 Å². The second kappa shape index (κ2) is 7.20. The van der Waals surface area contributed by atoms with E-state index in [1.807, 2.05) is 0 Å². The number of benzene rings is 2. The molecule has 1 heterocycles. The highest BCUT2D eigenvalue weighted by Crippen LogP contribution is 2.65. The van der Waals surface area contributed by atoms with Gasteiger partial charge in [-0.15, -0.1) is 0 Å². The number of rotatable bonds is 5. The Bertz CT molecular complexity index is 1170. The molecule has 0 spiro atoms. The summed E-state index contributed by atoms with van der Waals surface area (Å²) in [6.07, 6.45) is 5.46. The highest BCUT2D eigenvalue weighted by Gasteiger charge is 2.67. The highest BCUT2D eigenvalue weighted by atomic mass is 16.5. The Morgan fingerprint density at radius 1 is 0.909 bits per heavy atom. The summed E-state index contributed by atoms with van der Waals surface area (Å²) in [5.41, 5.74) is 1.45. The molecule has 3 amide bonds. The first-order valence-corrected chi connectivity index (χ1v) is 11.2. The van der Waals surface area contributed by atoms with Crippen molar-refractivity contribution in [2.45, 2.75) is 6.42 Å². The van der Waals surface area contributed by atoms with E-state index < -0.39 is 0 Å². The second-order valence-corrected chi connectivity index (χ2v) is 9.23. The minimum atomic E-state index is -0.319. The molecule has 1 aliphatic heterocycles. The van der Waals surface area contributed by atoms with E-state index in [1.165, 1.54) is 12.0 Å². The SMILES string of the molecule is COc1ccc(NC(=O)c2ccc(N3C(=O)[C@@H]4[C@H]5C=C[C@@H]([C@@H]6C[C@H]56)[C@@H]4C3=O)cc2)c(OC)c1. The Hall–Kier alpha value is -3.61. The molecule has 4 aliphatic carbocycles. The third-order valence-corrected chi connectivity index (χ3v) is 7.71. The topological polar surface area (TPSA) is 84.9 Å². The first-order valence-electron chi connectivity index (χ1n) is 11.2. The number of anilines is 2. The summed E-state index contributed by atoms with van der Waals surface area (Å²) in [5, 5.41) is 2.83. The van der Waals surface area contributed by atoms with Crippen molar-refractivity contribution in [1.29, 1.82) is 0 Å². The van der Waals surface area contributed by atoms with E-state index in [0.29, 0.717) is 40.3 Å². The zero-order valence-corrected chi connectivity index (χ0v) is 18.4. The number of ether oxygens (including phenoxy) is 2. The van der Waals surface area contributed by atoms with Crippen LogP contribution in [0.25, 0.3) is 0 Å². The van der Waals surface area contributed by atoms with Crippen LogP contribution in [0, 0.1) is 35.5 Å². The maximum atomic E-state index is 13.3. The van der Waals surface area contributed by atoms with Crippen LogP contribution in [0.5, 0.6) is 11.5 Å². The van der Waals surface area contributed by atoms with Crippen molar-refractivity contribution in [2.75, 3.05) is 24.4 Å². The fourth-order valence-electron chi connectivity index (χ4n) is 6.07. The summed E-state index contributed by atoms with van der Waals surface area (Å²) in [4.78, 5) is 40.6. The summed E-state index contributed by atoms with van der Waals surface area (Å²) in [6, 6.07) is 11.7. The second-order valence-electron chi connectivity index (χ2n) is 9.23. The standard InChI is InChI=1S/C26H24N2O5/c1-32-15-7-10-20(21(11-15)33-2)27-24(29)13-3-5-14(6-4-13)28-25(30)22-16-8-9-17(19-12-18(16)19)23(22)26(28)31/h3-11,16-19,22-23H,12H2,1-2H3,(H,27,29)/t16-,17-,18-,19+,22-,23+/m0/s1. The molecule has 1 N–H and O–H groups in total. The summed E-state index contributed by atoms with van der Waals surface area (Å²) in [6.45, 7) is 0. The van der Waals surface area contributed by atoms with E-state index in [2.05, 4.69) is 17.5 Å². The molecule has 2 bridgehead atoms. The van der Waals surface area contributed by atoms with Crippen LogP contribution >= 0.6 is 0 Å². The lowest BCUT2D eigenvalue weighted by Crippen LogP contribution is -2.40. The molecule has 0 aromatic heterocycles. The number of carbonyl (C=O) groups is 3. The maximum absolute atomic E-state index is 13.3. The van der Waals surface area contributed by atoms with Gasteiger partial charge in [0.15, 0.2) is 0 Å². The van der Waals surface area contributed by atoms with Crippen LogP contribution in [0.3, 0.4) is 0 Å². The Balaban J connectivity index is 1.21. The third kappa shape index (κ3) is 2.91. The number of hydrogen-bond donors (Lipinski definition) is 1. The molecule has 2 saturated carbocycles. The molecule has 0 radical (unpaired) electrons. The number of amides is 3. The lowest BCUT2D eigenvalue weighted by molar-refractivity contribution is -0.124. The Labute approximate surface area is 191 Å². The minimum absolute atomic E-state index is 0.102. The van der Waals surface area contributed by atoms with Crippen molar-refractivity contribution in [3.8, 4) is 11.5 Å². The predicted octanol–water partition coefficient (Wildman–Crippen LogP) is 3.51. The molecule has 0 unspecified atom stereocenters. The number of carbonyl (C=O) groups excluding carboxylic acids is 3. The van der Waals surface area contributed by atoms with Gasteiger partial charge in [-0.1, -0.05) is 12.2 Å². The third-order valence-electron chi connectivity index (χ3n) is 7.71. The molecule has 2 aromatic carbocycles. The molecule has 6 atom stereocenters. The van der Waals surface area contributed by atoms with Gasteiger partial charge >= 0.3 is 0 Å². The van der Waals surface area contributed by atoms with E-state index >= 15 is 0 Å². The molecule has 7 heteroatoms. The van der Waals surface area contributed by atoms with Crippen molar-refractivity contribution in [2.24, 2.45) is 35.5 Å². The van der Waals surface area contributed by atoms with Crippen molar-refractivity contribution in [3.63, 3.8) is 0 Å². The van der Waals surface area contributed by atoms with Crippen LogP contribution in [0.1, 0.15) is 16.8 Å². The van der Waals surface area contributed by atoms with Crippen LogP contribution in [-0.4, -0.2) is 31.9 Å². The van der Waals surface area contributed by atoms with Crippen LogP contribution in [0.2, 0.25) is 0 Å². The van der Waals surface area contributed by atoms with E-state index in [9.17, 15) is 14.4 Å². The van der Waals surface area contributed by atoms with Gasteiger partial charge in [0, 0.05) is 11.6 Å². The largest absolute Gasteiger partial charge is 0.497 e. The molecule has 7 nitrogen and oxygen atoms in total. The van der Waals surface area contributed by atoms with Gasteiger partial charge in [-0.05, 0) is 66.5 Å². The van der Waals surface area contributed by atoms with Gasteiger partial charge in [-0.25, -0.2) is 0 Å². The van der Waals surface area contributed by atoms with Gasteiger partial charge in [0.05, 0.1) is 37.4 Å². The van der Waals surface area contributed by atoms with E-state index in [1.54, 1.807) is 49.6 Å². The van der Waals surface area contributed by atoms with Gasteiger partial charge in [0.1, 0.15) is 11.5 Å². The smallest absolute Gasteiger partial charge is 0.255 e. The van der Waals surface area contributed by atoms with Crippen molar-refractivity contribution in [3.05, 3.63) is 60.2 Å². The van der Waals surface area contributed by atoms with Crippen LogP contribution in [-0.2, 0) is 9.59 Å². The van der Waals surface area contributed by atoms with Crippen molar-refractivity contribution >= 4 is 29.1 Å². The van der Waals surface area contributed by atoms with Crippen molar-refractivity contribution in [1.82, 2.24) is 0 Å². The van der Waals surface area contributed by atoms with Gasteiger partial charge in [-0.2, -0.15) is 0 Å². The van der Waals surface area contributed by atoms with Gasteiger partial charge < -0.3 is 14.8 Å². The number of imide groups is 1. The highest BCUT2D eigenvalue weighted by molar-refractivity contribution is 6.22. The number of methoxy groups -OCH3 is 2. The zero-order chi connectivity index (χ0) is 22.9. The average molecular weight is 444 g/mol. The molecular formula is C26H24N2O5. The lowest BCUT2D eigenvalue weighted by atomic mass is 9.63. The molecule has 2 aromatic rings. The first-order chi connectivity index (χ1) is 16.0. The lowest BCUT2D eigenvalue weighted by Gasteiger charge is -2.37. The number of allylic oxidation sites excluding steroid dienone is 2. The Morgan fingerprint density at radius 3 is 2.12 bits per heavy atom. The summed E-state index contributed by atoms with van der Waals surface area (Å²) < 4.78 is 10.5. The van der Waals surface area contributed by atoms with E-state index in [0.717, 1.165) is 6.42 Å². The van der Waals surface area contributed by atoms with E-state index in [-0.39, 0.29) is 41.4 Å². The number of nitrogens with zero attached hydrogens (tertiary/aromatic N) is 1. The summed E-state index contributed by atoms with van der Waals surface area (Å²) >= 11 is 0. The molecule has 33 heavy (non-hydrogen) atoms. The summed E-state index contributed by atoms with van der Waals surface area (Å²) in [7, 11) is 3.08. The Kier molecular flexibility index (Phi) is 4.37. The van der Waals surface area contributed by atoms with Gasteiger partial charge in [-0.3, -0.25) is 19.3 Å². The number of nitrogens with one attached hydrogen (secondary N) is 1. The maximum Gasteiger partial charge on any atom is 0.255 e. The van der Waals surface area contributed by atoms with Crippen LogP contribution < -0.4 is 19.7 Å².